The first kappa shape index (κ1) is 15.8. The molecule has 5 heteroatoms. The molecule has 1 aliphatic rings. The Kier molecular flexibility index (Phi) is 4.17. The minimum absolute atomic E-state index is 0.0530. The lowest BCUT2D eigenvalue weighted by Gasteiger charge is -2.21. The van der Waals surface area contributed by atoms with Crippen molar-refractivity contribution >= 4 is 12.0 Å². The van der Waals surface area contributed by atoms with Gasteiger partial charge in [0.25, 0.3) is 0 Å². The molecule has 0 aromatic heterocycles. The van der Waals surface area contributed by atoms with E-state index in [-0.39, 0.29) is 41.3 Å². The van der Waals surface area contributed by atoms with Crippen molar-refractivity contribution in [3.8, 4) is 0 Å². The summed E-state index contributed by atoms with van der Waals surface area (Å²) in [7, 11) is 0. The van der Waals surface area contributed by atoms with E-state index in [1.165, 1.54) is 0 Å². The maximum Gasteiger partial charge on any atom is 0.315 e. The highest BCUT2D eigenvalue weighted by Crippen LogP contribution is 2.62. The Morgan fingerprint density at radius 3 is 1.95 bits per heavy atom. The van der Waals surface area contributed by atoms with Crippen molar-refractivity contribution in [1.82, 2.24) is 10.6 Å². The van der Waals surface area contributed by atoms with E-state index in [0.29, 0.717) is 0 Å². The van der Waals surface area contributed by atoms with Gasteiger partial charge in [0.15, 0.2) is 0 Å². The SMILES string of the molecule is CC(C)C(CC(=O)O)NC(=O)NC1C(C)(C)C1(C)C. The van der Waals surface area contributed by atoms with Gasteiger partial charge in [-0.3, -0.25) is 4.79 Å². The fourth-order valence-corrected chi connectivity index (χ4v) is 2.54. The number of amides is 2. The Bertz CT molecular complexity index is 361. The highest BCUT2D eigenvalue weighted by Gasteiger charge is 2.65. The fourth-order valence-electron chi connectivity index (χ4n) is 2.54. The summed E-state index contributed by atoms with van der Waals surface area (Å²) in [6.45, 7) is 12.3. The molecule has 0 saturated heterocycles. The second-order valence-corrected chi connectivity index (χ2v) is 6.94. The lowest BCUT2D eigenvalue weighted by atomic mass is 10.0. The standard InChI is InChI=1S/C14H26N2O3/c1-8(2)9(7-10(17)18)15-12(19)16-11-13(3,4)14(11,5)6/h8-9,11H,7H2,1-6H3,(H,17,18)(H2,15,16,19). The summed E-state index contributed by atoms with van der Waals surface area (Å²) in [5.74, 6) is -0.812. The lowest BCUT2D eigenvalue weighted by molar-refractivity contribution is -0.137. The van der Waals surface area contributed by atoms with Crippen LogP contribution in [0.5, 0.6) is 0 Å². The van der Waals surface area contributed by atoms with Crippen LogP contribution in [-0.2, 0) is 4.79 Å². The molecule has 110 valence electrons. The Balaban J connectivity index is 2.53. The highest BCUT2D eigenvalue weighted by atomic mass is 16.4. The molecular weight excluding hydrogens is 244 g/mol. The molecule has 2 amide bonds. The largest absolute Gasteiger partial charge is 0.481 e. The maximum atomic E-state index is 12.0. The zero-order chi connectivity index (χ0) is 15.0. The Labute approximate surface area is 115 Å². The number of carbonyl (C=O) groups excluding carboxylic acids is 1. The third-order valence-corrected chi connectivity index (χ3v) is 4.81. The number of hydrogen-bond donors (Lipinski definition) is 3. The smallest absolute Gasteiger partial charge is 0.315 e. The Morgan fingerprint density at radius 2 is 1.63 bits per heavy atom. The van der Waals surface area contributed by atoms with Crippen molar-refractivity contribution < 1.29 is 14.7 Å². The molecule has 0 aromatic rings. The molecule has 5 nitrogen and oxygen atoms in total. The van der Waals surface area contributed by atoms with Crippen LogP contribution >= 0.6 is 0 Å². The molecule has 1 aliphatic carbocycles. The van der Waals surface area contributed by atoms with Gasteiger partial charge >= 0.3 is 12.0 Å². The molecule has 0 radical (unpaired) electrons. The first-order chi connectivity index (χ1) is 8.50. The van der Waals surface area contributed by atoms with E-state index in [4.69, 9.17) is 5.11 Å². The normalized spacial score (nSPS) is 21.8. The number of rotatable bonds is 5. The molecule has 1 saturated carbocycles. The van der Waals surface area contributed by atoms with Crippen molar-refractivity contribution in [2.45, 2.75) is 60.0 Å². The summed E-state index contributed by atoms with van der Waals surface area (Å²) in [5, 5.41) is 14.5. The van der Waals surface area contributed by atoms with Gasteiger partial charge < -0.3 is 15.7 Å². The average molecular weight is 270 g/mol. The van der Waals surface area contributed by atoms with E-state index in [1.807, 2.05) is 13.8 Å². The van der Waals surface area contributed by atoms with Crippen LogP contribution in [0.4, 0.5) is 4.79 Å². The fraction of sp³-hybridized carbons (Fsp3) is 0.857. The zero-order valence-electron chi connectivity index (χ0n) is 12.7. The van der Waals surface area contributed by atoms with Gasteiger partial charge in [-0.1, -0.05) is 41.5 Å². The van der Waals surface area contributed by atoms with Crippen molar-refractivity contribution in [1.29, 1.82) is 0 Å². The quantitative estimate of drug-likeness (QED) is 0.716. The predicted molar refractivity (Wildman–Crippen MR) is 73.9 cm³/mol. The second kappa shape index (κ2) is 5.02. The van der Waals surface area contributed by atoms with Crippen molar-refractivity contribution in [3.63, 3.8) is 0 Å². The third-order valence-electron chi connectivity index (χ3n) is 4.81. The number of carboxylic acid groups (broad SMARTS) is 1. The van der Waals surface area contributed by atoms with Crippen LogP contribution in [0, 0.1) is 16.7 Å². The number of aliphatic carboxylic acids is 1. The Hall–Kier alpha value is -1.26. The van der Waals surface area contributed by atoms with Gasteiger partial charge in [-0.15, -0.1) is 0 Å². The summed E-state index contributed by atoms with van der Waals surface area (Å²) in [4.78, 5) is 22.7. The van der Waals surface area contributed by atoms with Gasteiger partial charge in [0.1, 0.15) is 0 Å². The number of carboxylic acids is 1. The van der Waals surface area contributed by atoms with E-state index < -0.39 is 5.97 Å². The van der Waals surface area contributed by atoms with Crippen molar-refractivity contribution in [3.05, 3.63) is 0 Å². The van der Waals surface area contributed by atoms with Crippen LogP contribution in [-0.4, -0.2) is 29.2 Å². The Morgan fingerprint density at radius 1 is 1.16 bits per heavy atom. The average Bonchev–Trinajstić information content (AvgIpc) is 2.59. The molecule has 0 spiro atoms. The molecule has 0 bridgehead atoms. The molecule has 1 rings (SSSR count). The zero-order valence-corrected chi connectivity index (χ0v) is 12.7. The van der Waals surface area contributed by atoms with Gasteiger partial charge in [0, 0.05) is 12.1 Å². The number of nitrogens with one attached hydrogen (secondary N) is 2. The molecule has 0 heterocycles. The van der Waals surface area contributed by atoms with Gasteiger partial charge in [0.2, 0.25) is 0 Å². The predicted octanol–water partition coefficient (Wildman–Crippen LogP) is 2.22. The summed E-state index contributed by atoms with van der Waals surface area (Å²) in [5.41, 5.74) is 0.148. The van der Waals surface area contributed by atoms with Gasteiger partial charge in [0.05, 0.1) is 6.42 Å². The molecule has 0 aliphatic heterocycles. The highest BCUT2D eigenvalue weighted by molar-refractivity contribution is 5.76. The van der Waals surface area contributed by atoms with Crippen LogP contribution in [0.3, 0.4) is 0 Å². The topological polar surface area (TPSA) is 78.4 Å². The molecule has 0 aromatic carbocycles. The van der Waals surface area contributed by atoms with Crippen molar-refractivity contribution in [2.75, 3.05) is 0 Å². The van der Waals surface area contributed by atoms with E-state index in [2.05, 4.69) is 38.3 Å². The number of hydrogen-bond acceptors (Lipinski definition) is 2. The van der Waals surface area contributed by atoms with E-state index >= 15 is 0 Å². The van der Waals surface area contributed by atoms with E-state index in [0.717, 1.165) is 0 Å². The van der Waals surface area contributed by atoms with E-state index in [9.17, 15) is 9.59 Å². The number of urea groups is 1. The van der Waals surface area contributed by atoms with Gasteiger partial charge in [-0.05, 0) is 16.7 Å². The van der Waals surface area contributed by atoms with E-state index in [1.54, 1.807) is 0 Å². The summed E-state index contributed by atoms with van der Waals surface area (Å²) >= 11 is 0. The molecule has 1 atom stereocenters. The third kappa shape index (κ3) is 3.19. The van der Waals surface area contributed by atoms with Crippen LogP contribution in [0.25, 0.3) is 0 Å². The summed E-state index contributed by atoms with van der Waals surface area (Å²) < 4.78 is 0. The first-order valence-electron chi connectivity index (χ1n) is 6.79. The van der Waals surface area contributed by atoms with Gasteiger partial charge in [-0.25, -0.2) is 4.79 Å². The molecule has 3 N–H and O–H groups in total. The van der Waals surface area contributed by atoms with Crippen LogP contribution < -0.4 is 10.6 Å². The number of carbonyl (C=O) groups is 2. The maximum absolute atomic E-state index is 12.0. The monoisotopic (exact) mass is 270 g/mol. The van der Waals surface area contributed by atoms with Crippen molar-refractivity contribution in [2.24, 2.45) is 16.7 Å². The molecule has 19 heavy (non-hydrogen) atoms. The molecular formula is C14H26N2O3. The lowest BCUT2D eigenvalue weighted by Crippen LogP contribution is -2.47. The van der Waals surface area contributed by atoms with Crippen LogP contribution in [0.15, 0.2) is 0 Å². The van der Waals surface area contributed by atoms with Gasteiger partial charge in [-0.2, -0.15) is 0 Å². The van der Waals surface area contributed by atoms with Crippen LogP contribution in [0.1, 0.15) is 48.0 Å². The second-order valence-electron chi connectivity index (χ2n) is 6.94. The first-order valence-corrected chi connectivity index (χ1v) is 6.79. The summed E-state index contributed by atoms with van der Waals surface area (Å²) in [6.07, 6.45) is -0.0530. The molecule has 1 unspecified atom stereocenters. The minimum atomic E-state index is -0.897. The summed E-state index contributed by atoms with van der Waals surface area (Å²) in [6, 6.07) is -0.497. The minimum Gasteiger partial charge on any atom is -0.481 e. The van der Waals surface area contributed by atoms with Crippen LogP contribution in [0.2, 0.25) is 0 Å². The molecule has 1 fully saturated rings.